The summed E-state index contributed by atoms with van der Waals surface area (Å²) in [7, 11) is -3.33. The van der Waals surface area contributed by atoms with E-state index in [9.17, 15) is 23.4 Å². The number of anilines is 2. The molecule has 3 aromatic carbocycles. The molecule has 0 saturated carbocycles. The first-order valence-electron chi connectivity index (χ1n) is 13.8. The Morgan fingerprint density at radius 3 is 2.12 bits per heavy atom. The van der Waals surface area contributed by atoms with Gasteiger partial charge >= 0.3 is 6.03 Å². The number of unbranched alkanes of at least 4 members (excludes halogenated alkanes) is 1. The zero-order chi connectivity index (χ0) is 29.4. The lowest BCUT2D eigenvalue weighted by Crippen LogP contribution is -2.49. The summed E-state index contributed by atoms with van der Waals surface area (Å²) < 4.78 is 31.1. The van der Waals surface area contributed by atoms with Gasteiger partial charge in [0.05, 0.1) is 6.26 Å². The first-order chi connectivity index (χ1) is 19.6. The van der Waals surface area contributed by atoms with Crippen LogP contribution in [0, 0.1) is 0 Å². The highest BCUT2D eigenvalue weighted by Gasteiger charge is 2.28. The maximum atomic E-state index is 13.1. The summed E-state index contributed by atoms with van der Waals surface area (Å²) in [5.41, 5.74) is 2.08. The molecule has 0 bridgehead atoms. The lowest BCUT2D eigenvalue weighted by molar-refractivity contribution is 0.122. The van der Waals surface area contributed by atoms with Crippen LogP contribution in [0.15, 0.2) is 66.7 Å². The lowest BCUT2D eigenvalue weighted by Gasteiger charge is -2.38. The van der Waals surface area contributed by atoms with Crippen molar-refractivity contribution in [2.45, 2.75) is 45.2 Å². The van der Waals surface area contributed by atoms with E-state index in [1.165, 1.54) is 12.1 Å². The first kappa shape index (κ1) is 32.8. The third kappa shape index (κ3) is 9.71. The van der Waals surface area contributed by atoms with Crippen LogP contribution in [0.5, 0.6) is 23.0 Å². The molecular formula is C30H39ClN4O6S. The Labute approximate surface area is 253 Å². The molecular weight excluding hydrogens is 580 g/mol. The summed E-state index contributed by atoms with van der Waals surface area (Å²) in [4.78, 5) is 17.4. The quantitative estimate of drug-likeness (QED) is 0.153. The molecule has 1 heterocycles. The second-order valence-corrected chi connectivity index (χ2v) is 12.1. The smallest absolute Gasteiger partial charge is 0.322 e. The van der Waals surface area contributed by atoms with E-state index in [2.05, 4.69) is 21.9 Å². The van der Waals surface area contributed by atoms with Gasteiger partial charge in [-0.2, -0.15) is 0 Å². The minimum absolute atomic E-state index is 0. The molecule has 1 aliphatic heterocycles. The Bertz CT molecular complexity index is 1410. The maximum Gasteiger partial charge on any atom is 0.322 e. The van der Waals surface area contributed by atoms with Gasteiger partial charge in [0.1, 0.15) is 11.5 Å². The largest absolute Gasteiger partial charge is 0.504 e. The van der Waals surface area contributed by atoms with Gasteiger partial charge in [-0.25, -0.2) is 13.2 Å². The first-order valence-corrected chi connectivity index (χ1v) is 15.7. The van der Waals surface area contributed by atoms with Gasteiger partial charge in [-0.15, -0.1) is 12.4 Å². The van der Waals surface area contributed by atoms with Gasteiger partial charge < -0.3 is 25.2 Å². The Morgan fingerprint density at radius 2 is 1.55 bits per heavy atom. The van der Waals surface area contributed by atoms with Crippen LogP contribution in [-0.4, -0.2) is 66.4 Å². The number of nitrogens with one attached hydrogen (secondary N) is 2. The van der Waals surface area contributed by atoms with E-state index in [-0.39, 0.29) is 36.0 Å². The number of amides is 2. The number of likely N-dealkylation sites (tertiary alicyclic amines) is 1. The van der Waals surface area contributed by atoms with Crippen molar-refractivity contribution in [2.24, 2.45) is 0 Å². The molecule has 12 heteroatoms. The number of carbonyl (C=O) groups excluding carboxylic acids is 1. The number of piperidine rings is 1. The maximum absolute atomic E-state index is 13.1. The third-order valence-corrected chi connectivity index (χ3v) is 7.57. The van der Waals surface area contributed by atoms with E-state index in [4.69, 9.17) is 4.74 Å². The number of nitrogens with zero attached hydrogens (tertiary/aromatic N) is 2. The predicted molar refractivity (Wildman–Crippen MR) is 167 cm³/mol. The van der Waals surface area contributed by atoms with Crippen LogP contribution in [0.25, 0.3) is 0 Å². The molecule has 0 unspecified atom stereocenters. The van der Waals surface area contributed by atoms with Crippen molar-refractivity contribution in [3.63, 3.8) is 0 Å². The molecule has 0 aromatic heterocycles. The van der Waals surface area contributed by atoms with Crippen molar-refractivity contribution in [3.05, 3.63) is 72.3 Å². The molecule has 4 rings (SSSR count). The van der Waals surface area contributed by atoms with E-state index >= 15 is 0 Å². The number of halogens is 1. The highest BCUT2D eigenvalue weighted by molar-refractivity contribution is 7.92. The average molecular weight is 619 g/mol. The summed E-state index contributed by atoms with van der Waals surface area (Å²) in [5.74, 6) is 0.805. The standard InChI is InChI=1S/C30H38N4O6S.ClH/c1-3-4-17-34(30(37)31-24-9-14-28(35)29(36)20-24)25-15-18-33(19-16-25)21-22-5-10-26(11-6-22)40-27-12-7-23(8-13-27)32-41(2,38)39;/h5-14,20,25,32,35-36H,3-4,15-19,21H2,1-2H3,(H,31,37);1H. The number of urea groups is 1. The van der Waals surface area contributed by atoms with Crippen LogP contribution in [0.3, 0.4) is 0 Å². The number of phenolic OH excluding ortho intramolecular Hbond substituents is 2. The highest BCUT2D eigenvalue weighted by Crippen LogP contribution is 2.28. The van der Waals surface area contributed by atoms with Crippen molar-refractivity contribution < 1.29 is 28.2 Å². The summed E-state index contributed by atoms with van der Waals surface area (Å²) in [6.45, 7) is 5.30. The molecule has 2 amide bonds. The SMILES string of the molecule is CCCCN(C(=O)Nc1ccc(O)c(O)c1)C1CCN(Cc2ccc(Oc3ccc(NS(C)(=O)=O)cc3)cc2)CC1.Cl. The summed E-state index contributed by atoms with van der Waals surface area (Å²) in [6.07, 6.45) is 4.72. The molecule has 3 aromatic rings. The van der Waals surface area contributed by atoms with Crippen LogP contribution in [0.1, 0.15) is 38.2 Å². The normalized spacial score (nSPS) is 14.0. The second-order valence-electron chi connectivity index (χ2n) is 10.3. The van der Waals surface area contributed by atoms with Crippen molar-refractivity contribution in [2.75, 3.05) is 35.9 Å². The third-order valence-electron chi connectivity index (χ3n) is 6.96. The number of carbonyl (C=O) groups is 1. The highest BCUT2D eigenvalue weighted by atomic mass is 35.5. The van der Waals surface area contributed by atoms with Gasteiger partial charge in [0.25, 0.3) is 0 Å². The van der Waals surface area contributed by atoms with Gasteiger partial charge in [0, 0.05) is 49.7 Å². The molecule has 228 valence electrons. The topological polar surface area (TPSA) is 131 Å². The molecule has 0 radical (unpaired) electrons. The van der Waals surface area contributed by atoms with Crippen LogP contribution in [0.2, 0.25) is 0 Å². The fourth-order valence-electron chi connectivity index (χ4n) is 4.83. The molecule has 0 spiro atoms. The molecule has 4 N–H and O–H groups in total. The Kier molecular flexibility index (Phi) is 11.7. The van der Waals surface area contributed by atoms with Crippen molar-refractivity contribution in [1.82, 2.24) is 9.80 Å². The zero-order valence-electron chi connectivity index (χ0n) is 23.8. The van der Waals surface area contributed by atoms with Crippen LogP contribution in [-0.2, 0) is 16.6 Å². The Balaban J connectivity index is 0.00000484. The number of aromatic hydroxyl groups is 2. The molecule has 42 heavy (non-hydrogen) atoms. The summed E-state index contributed by atoms with van der Waals surface area (Å²) >= 11 is 0. The monoisotopic (exact) mass is 618 g/mol. The van der Waals surface area contributed by atoms with E-state index in [0.717, 1.165) is 57.1 Å². The summed E-state index contributed by atoms with van der Waals surface area (Å²) in [6, 6.07) is 18.8. The molecule has 1 saturated heterocycles. The van der Waals surface area contributed by atoms with Crippen LogP contribution in [0.4, 0.5) is 16.2 Å². The number of sulfonamides is 1. The lowest BCUT2D eigenvalue weighted by atomic mass is 10.0. The van der Waals surface area contributed by atoms with Crippen molar-refractivity contribution >= 4 is 39.8 Å². The van der Waals surface area contributed by atoms with E-state index in [0.29, 0.717) is 29.4 Å². The molecule has 10 nitrogen and oxygen atoms in total. The predicted octanol–water partition coefficient (Wildman–Crippen LogP) is 5.98. The van der Waals surface area contributed by atoms with Gasteiger partial charge in [-0.05, 0) is 73.4 Å². The van der Waals surface area contributed by atoms with Crippen LogP contribution < -0.4 is 14.8 Å². The molecule has 0 aliphatic carbocycles. The minimum atomic E-state index is -3.33. The van der Waals surface area contributed by atoms with E-state index in [1.807, 2.05) is 29.2 Å². The number of hydrogen-bond acceptors (Lipinski definition) is 7. The second kappa shape index (κ2) is 15.0. The van der Waals surface area contributed by atoms with E-state index < -0.39 is 10.0 Å². The Hall–Kier alpha value is -3.67. The minimum Gasteiger partial charge on any atom is -0.504 e. The van der Waals surface area contributed by atoms with Gasteiger partial charge in [-0.3, -0.25) is 9.62 Å². The molecule has 0 atom stereocenters. The van der Waals surface area contributed by atoms with Crippen molar-refractivity contribution in [1.29, 1.82) is 0 Å². The molecule has 1 fully saturated rings. The van der Waals surface area contributed by atoms with Gasteiger partial charge in [0.15, 0.2) is 11.5 Å². The number of hydrogen-bond donors (Lipinski definition) is 4. The summed E-state index contributed by atoms with van der Waals surface area (Å²) in [5, 5.41) is 22.2. The van der Waals surface area contributed by atoms with Crippen molar-refractivity contribution in [3.8, 4) is 23.0 Å². The number of rotatable bonds is 11. The fourth-order valence-corrected chi connectivity index (χ4v) is 5.39. The number of phenols is 2. The number of ether oxygens (including phenoxy) is 1. The fraction of sp³-hybridized carbons (Fsp3) is 0.367. The number of benzene rings is 3. The Morgan fingerprint density at radius 1 is 0.952 bits per heavy atom. The molecule has 1 aliphatic rings. The average Bonchev–Trinajstić information content (AvgIpc) is 2.93. The van der Waals surface area contributed by atoms with Gasteiger partial charge in [-0.1, -0.05) is 25.5 Å². The zero-order valence-corrected chi connectivity index (χ0v) is 25.5. The van der Waals surface area contributed by atoms with Gasteiger partial charge in [0.2, 0.25) is 10.0 Å². The van der Waals surface area contributed by atoms with E-state index in [1.54, 1.807) is 30.3 Å². The van der Waals surface area contributed by atoms with Crippen LogP contribution >= 0.6 is 12.4 Å².